The third-order valence-electron chi connectivity index (χ3n) is 3.68. The summed E-state index contributed by atoms with van der Waals surface area (Å²) in [4.78, 5) is 18.9. The van der Waals surface area contributed by atoms with E-state index in [9.17, 15) is 4.79 Å². The van der Waals surface area contributed by atoms with E-state index in [2.05, 4.69) is 22.1 Å². The summed E-state index contributed by atoms with van der Waals surface area (Å²) < 4.78 is 0. The first kappa shape index (κ1) is 11.8. The molecule has 1 amide bonds. The Kier molecular flexibility index (Phi) is 2.74. The normalized spacial score (nSPS) is 18.0. The second-order valence-electron chi connectivity index (χ2n) is 4.94. The van der Waals surface area contributed by atoms with Crippen LogP contribution in [0.4, 0.5) is 0 Å². The fraction of sp³-hybridized carbons (Fsp3) is 0.286. The molecule has 0 bridgehead atoms. The second kappa shape index (κ2) is 4.42. The zero-order valence-electron chi connectivity index (χ0n) is 10.5. The van der Waals surface area contributed by atoms with E-state index < -0.39 is 0 Å². The van der Waals surface area contributed by atoms with Crippen molar-refractivity contribution in [1.29, 1.82) is 0 Å². The number of guanidine groups is 1. The van der Waals surface area contributed by atoms with Crippen molar-refractivity contribution in [1.82, 2.24) is 4.98 Å². The van der Waals surface area contributed by atoms with Gasteiger partial charge in [-0.2, -0.15) is 4.99 Å². The summed E-state index contributed by atoms with van der Waals surface area (Å²) >= 11 is 0. The summed E-state index contributed by atoms with van der Waals surface area (Å²) in [5.74, 6) is -0.501. The van der Waals surface area contributed by atoms with E-state index in [1.165, 1.54) is 10.9 Å². The number of aromatic nitrogens is 1. The molecule has 1 unspecified atom stereocenters. The lowest BCUT2D eigenvalue weighted by molar-refractivity contribution is -0.121. The number of nitrogens with two attached hydrogens (primary N) is 2. The Morgan fingerprint density at radius 3 is 2.89 bits per heavy atom. The quantitative estimate of drug-likeness (QED) is 0.526. The Bertz CT molecular complexity index is 667. The number of aromatic amines is 1. The van der Waals surface area contributed by atoms with Crippen LogP contribution in [0, 0.1) is 5.92 Å². The van der Waals surface area contributed by atoms with Crippen molar-refractivity contribution in [2.24, 2.45) is 22.4 Å². The maximum Gasteiger partial charge on any atom is 0.252 e. The van der Waals surface area contributed by atoms with Gasteiger partial charge in [0.05, 0.1) is 0 Å². The van der Waals surface area contributed by atoms with Crippen LogP contribution in [0.3, 0.4) is 0 Å². The Labute approximate surface area is 110 Å². The molecular formula is C14H16N4O. The number of hydrogen-bond donors (Lipinski definition) is 3. The fourth-order valence-corrected chi connectivity index (χ4v) is 2.81. The predicted octanol–water partition coefficient (Wildman–Crippen LogP) is 1.07. The van der Waals surface area contributed by atoms with Gasteiger partial charge in [-0.25, -0.2) is 0 Å². The van der Waals surface area contributed by atoms with Crippen molar-refractivity contribution < 1.29 is 4.79 Å². The Morgan fingerprint density at radius 1 is 1.32 bits per heavy atom. The van der Waals surface area contributed by atoms with Gasteiger partial charge in [0.25, 0.3) is 5.91 Å². The van der Waals surface area contributed by atoms with E-state index in [1.807, 2.05) is 12.1 Å². The van der Waals surface area contributed by atoms with Crippen LogP contribution in [0.2, 0.25) is 0 Å². The van der Waals surface area contributed by atoms with Gasteiger partial charge in [0, 0.05) is 22.5 Å². The van der Waals surface area contributed by atoms with Crippen LogP contribution in [-0.2, 0) is 17.6 Å². The lowest BCUT2D eigenvalue weighted by Gasteiger charge is -2.19. The predicted molar refractivity (Wildman–Crippen MR) is 74.6 cm³/mol. The molecule has 0 aliphatic heterocycles. The molecule has 1 heterocycles. The number of aryl methyl sites for hydroxylation is 1. The van der Waals surface area contributed by atoms with Gasteiger partial charge >= 0.3 is 0 Å². The minimum absolute atomic E-state index is 0.123. The van der Waals surface area contributed by atoms with Crippen molar-refractivity contribution in [3.63, 3.8) is 0 Å². The number of rotatable bonds is 1. The molecule has 5 heteroatoms. The minimum Gasteiger partial charge on any atom is -0.370 e. The van der Waals surface area contributed by atoms with Gasteiger partial charge in [-0.3, -0.25) is 4.79 Å². The monoisotopic (exact) mass is 256 g/mol. The van der Waals surface area contributed by atoms with E-state index in [0.29, 0.717) is 6.42 Å². The first-order chi connectivity index (χ1) is 9.15. The van der Waals surface area contributed by atoms with Crippen molar-refractivity contribution in [3.8, 4) is 0 Å². The first-order valence-electron chi connectivity index (χ1n) is 6.37. The van der Waals surface area contributed by atoms with E-state index in [-0.39, 0.29) is 17.8 Å². The van der Waals surface area contributed by atoms with Crippen molar-refractivity contribution in [2.75, 3.05) is 0 Å². The molecule has 1 aliphatic carbocycles. The van der Waals surface area contributed by atoms with Gasteiger partial charge in [-0.1, -0.05) is 18.2 Å². The summed E-state index contributed by atoms with van der Waals surface area (Å²) in [6, 6.07) is 8.21. The second-order valence-corrected chi connectivity index (χ2v) is 4.94. The van der Waals surface area contributed by atoms with Gasteiger partial charge in [0.15, 0.2) is 5.96 Å². The Hall–Kier alpha value is -2.30. The molecule has 0 spiro atoms. The topological polar surface area (TPSA) is 97.3 Å². The molecule has 2 aromatic rings. The van der Waals surface area contributed by atoms with Crippen LogP contribution < -0.4 is 11.5 Å². The van der Waals surface area contributed by atoms with Crippen LogP contribution in [0.1, 0.15) is 17.7 Å². The number of fused-ring (bicyclic) bond motifs is 3. The van der Waals surface area contributed by atoms with E-state index in [1.54, 1.807) is 0 Å². The van der Waals surface area contributed by atoms with E-state index in [0.717, 1.165) is 24.1 Å². The molecule has 3 rings (SSSR count). The van der Waals surface area contributed by atoms with Gasteiger partial charge < -0.3 is 16.5 Å². The van der Waals surface area contributed by atoms with E-state index >= 15 is 0 Å². The zero-order valence-corrected chi connectivity index (χ0v) is 10.5. The van der Waals surface area contributed by atoms with Gasteiger partial charge in [-0.05, 0) is 30.9 Å². The number of nitrogens with one attached hydrogen (secondary N) is 1. The average Bonchev–Trinajstić information content (AvgIpc) is 2.75. The highest BCUT2D eigenvalue weighted by Crippen LogP contribution is 2.31. The number of nitrogens with zero attached hydrogens (tertiary/aromatic N) is 1. The van der Waals surface area contributed by atoms with Gasteiger partial charge in [0.2, 0.25) is 0 Å². The highest BCUT2D eigenvalue weighted by Gasteiger charge is 2.27. The van der Waals surface area contributed by atoms with Gasteiger partial charge in [0.1, 0.15) is 0 Å². The summed E-state index contributed by atoms with van der Waals surface area (Å²) in [6.07, 6.45) is 2.36. The third kappa shape index (κ3) is 2.07. The molecule has 0 radical (unpaired) electrons. The summed E-state index contributed by atoms with van der Waals surface area (Å²) in [7, 11) is 0. The molecule has 98 valence electrons. The number of amides is 1. The molecule has 19 heavy (non-hydrogen) atoms. The largest absolute Gasteiger partial charge is 0.370 e. The number of benzene rings is 1. The van der Waals surface area contributed by atoms with Gasteiger partial charge in [-0.15, -0.1) is 0 Å². The summed E-state index contributed by atoms with van der Waals surface area (Å²) in [6.45, 7) is 0. The van der Waals surface area contributed by atoms with Crippen LogP contribution in [0.5, 0.6) is 0 Å². The lowest BCUT2D eigenvalue weighted by Crippen LogP contribution is -2.28. The Morgan fingerprint density at radius 2 is 2.11 bits per heavy atom. The minimum atomic E-state index is -0.218. The highest BCUT2D eigenvalue weighted by molar-refractivity contribution is 5.93. The van der Waals surface area contributed by atoms with Crippen LogP contribution in [-0.4, -0.2) is 16.9 Å². The number of aliphatic imine (C=N–C) groups is 1. The average molecular weight is 256 g/mol. The van der Waals surface area contributed by atoms with E-state index in [4.69, 9.17) is 11.5 Å². The molecule has 0 fully saturated rings. The number of carbonyl (C=O) groups is 1. The lowest BCUT2D eigenvalue weighted by atomic mass is 9.86. The molecular weight excluding hydrogens is 240 g/mol. The van der Waals surface area contributed by atoms with Crippen molar-refractivity contribution in [2.45, 2.75) is 19.3 Å². The zero-order chi connectivity index (χ0) is 13.4. The molecule has 1 aliphatic rings. The SMILES string of the molecule is NC(N)=NC(=O)C1CCc2c([nH]c3ccccc23)C1. The number of hydrogen-bond acceptors (Lipinski definition) is 1. The molecule has 0 saturated carbocycles. The highest BCUT2D eigenvalue weighted by atomic mass is 16.1. The van der Waals surface area contributed by atoms with Crippen molar-refractivity contribution in [3.05, 3.63) is 35.5 Å². The maximum absolute atomic E-state index is 11.9. The molecule has 5 N–H and O–H groups in total. The summed E-state index contributed by atoms with van der Waals surface area (Å²) in [5.41, 5.74) is 14.1. The Balaban J connectivity index is 1.92. The summed E-state index contributed by atoms with van der Waals surface area (Å²) in [5, 5.41) is 1.25. The smallest absolute Gasteiger partial charge is 0.252 e. The third-order valence-corrected chi connectivity index (χ3v) is 3.68. The number of H-pyrrole nitrogens is 1. The fourth-order valence-electron chi connectivity index (χ4n) is 2.81. The first-order valence-corrected chi connectivity index (χ1v) is 6.37. The standard InChI is InChI=1S/C14H16N4O/c15-14(16)18-13(19)8-5-6-10-9-3-1-2-4-11(9)17-12(10)7-8/h1-4,8,17H,5-7H2,(H4,15,16,18,19). The molecule has 1 aromatic heterocycles. The molecule has 1 aromatic carbocycles. The molecule has 5 nitrogen and oxygen atoms in total. The van der Waals surface area contributed by atoms with Crippen LogP contribution >= 0.6 is 0 Å². The number of para-hydroxylation sites is 1. The number of carbonyl (C=O) groups excluding carboxylic acids is 1. The van der Waals surface area contributed by atoms with Crippen molar-refractivity contribution >= 4 is 22.8 Å². The van der Waals surface area contributed by atoms with Crippen LogP contribution in [0.15, 0.2) is 29.3 Å². The van der Waals surface area contributed by atoms with Crippen LogP contribution in [0.25, 0.3) is 10.9 Å². The molecule has 0 saturated heterocycles. The maximum atomic E-state index is 11.9. The molecule has 1 atom stereocenters.